The summed E-state index contributed by atoms with van der Waals surface area (Å²) < 4.78 is 0. The molecule has 0 spiro atoms. The van der Waals surface area contributed by atoms with E-state index in [4.69, 9.17) is 5.11 Å². The summed E-state index contributed by atoms with van der Waals surface area (Å²) in [7, 11) is 1.79. The van der Waals surface area contributed by atoms with E-state index in [1.165, 1.54) is 18.9 Å². The Hall–Kier alpha value is -1.84. The van der Waals surface area contributed by atoms with E-state index in [0.717, 1.165) is 18.9 Å². The Balaban J connectivity index is 1.95. The fraction of sp³-hybridized carbons (Fsp3) is 0.467. The summed E-state index contributed by atoms with van der Waals surface area (Å²) in [4.78, 5) is 24.8. The molecule has 1 aliphatic rings. The predicted molar refractivity (Wildman–Crippen MR) is 72.1 cm³/mol. The molecule has 2 rings (SSSR count). The number of nitrogens with zero attached hydrogens (tertiary/aromatic N) is 1. The Morgan fingerprint density at radius 1 is 1.32 bits per heavy atom. The molecule has 4 heteroatoms. The summed E-state index contributed by atoms with van der Waals surface area (Å²) in [6.07, 6.45) is 3.78. The minimum Gasteiger partial charge on any atom is -0.478 e. The van der Waals surface area contributed by atoms with E-state index in [0.29, 0.717) is 5.56 Å². The van der Waals surface area contributed by atoms with Crippen LogP contribution < -0.4 is 0 Å². The molecule has 0 aliphatic heterocycles. The van der Waals surface area contributed by atoms with E-state index in [9.17, 15) is 9.59 Å². The first kappa shape index (κ1) is 13.6. The maximum atomic E-state index is 12.1. The van der Waals surface area contributed by atoms with Crippen LogP contribution in [0.3, 0.4) is 0 Å². The average molecular weight is 261 g/mol. The Morgan fingerprint density at radius 2 is 2.00 bits per heavy atom. The number of likely N-dealkylation sites (N-methyl/N-ethyl adjacent to an activating group) is 1. The second-order valence-electron chi connectivity index (χ2n) is 5.19. The van der Waals surface area contributed by atoms with E-state index in [1.807, 2.05) is 0 Å². The highest BCUT2D eigenvalue weighted by Crippen LogP contribution is 2.32. The van der Waals surface area contributed by atoms with Gasteiger partial charge < -0.3 is 10.0 Å². The van der Waals surface area contributed by atoms with Crippen LogP contribution in [-0.4, -0.2) is 35.5 Å². The van der Waals surface area contributed by atoms with Crippen LogP contribution in [0.25, 0.3) is 0 Å². The summed E-state index contributed by atoms with van der Waals surface area (Å²) in [5.74, 6) is -0.208. The molecule has 1 aromatic carbocycles. The second kappa shape index (κ2) is 5.87. The molecule has 0 radical (unpaired) electrons. The van der Waals surface area contributed by atoms with E-state index >= 15 is 0 Å². The number of hydrogen-bond acceptors (Lipinski definition) is 2. The van der Waals surface area contributed by atoms with Crippen LogP contribution in [0.4, 0.5) is 0 Å². The molecule has 1 N–H and O–H groups in total. The SMILES string of the molecule is CN(CCC1CC1)C(=O)Cc1ccccc1C(=O)O. The number of carboxylic acid groups (broad SMARTS) is 1. The zero-order chi connectivity index (χ0) is 13.8. The van der Waals surface area contributed by atoms with Crippen LogP contribution >= 0.6 is 0 Å². The summed E-state index contributed by atoms with van der Waals surface area (Å²) in [6.45, 7) is 0.763. The molecule has 1 saturated carbocycles. The first-order valence-corrected chi connectivity index (χ1v) is 6.63. The van der Waals surface area contributed by atoms with Gasteiger partial charge in [-0.1, -0.05) is 31.0 Å². The number of rotatable bonds is 6. The van der Waals surface area contributed by atoms with Crippen molar-refractivity contribution in [3.05, 3.63) is 35.4 Å². The zero-order valence-corrected chi connectivity index (χ0v) is 11.1. The maximum Gasteiger partial charge on any atom is 0.335 e. The highest BCUT2D eigenvalue weighted by atomic mass is 16.4. The molecule has 0 bridgehead atoms. The molecular formula is C15H19NO3. The van der Waals surface area contributed by atoms with Crippen molar-refractivity contribution in [2.45, 2.75) is 25.7 Å². The number of amides is 1. The molecule has 0 aromatic heterocycles. The van der Waals surface area contributed by atoms with Crippen LogP contribution in [0, 0.1) is 5.92 Å². The Kier molecular flexibility index (Phi) is 4.20. The molecular weight excluding hydrogens is 242 g/mol. The Morgan fingerprint density at radius 3 is 2.63 bits per heavy atom. The van der Waals surface area contributed by atoms with Gasteiger partial charge in [0.1, 0.15) is 0 Å². The van der Waals surface area contributed by atoms with E-state index in [2.05, 4.69) is 0 Å². The van der Waals surface area contributed by atoms with Gasteiger partial charge in [0.15, 0.2) is 0 Å². The number of hydrogen-bond donors (Lipinski definition) is 1. The molecule has 19 heavy (non-hydrogen) atoms. The molecule has 0 unspecified atom stereocenters. The lowest BCUT2D eigenvalue weighted by molar-refractivity contribution is -0.129. The van der Waals surface area contributed by atoms with Crippen molar-refractivity contribution in [3.63, 3.8) is 0 Å². The minimum atomic E-state index is -0.982. The molecule has 0 heterocycles. The van der Waals surface area contributed by atoms with Gasteiger partial charge in [0.25, 0.3) is 0 Å². The second-order valence-corrected chi connectivity index (χ2v) is 5.19. The van der Waals surface area contributed by atoms with Crippen LogP contribution in [0.1, 0.15) is 35.2 Å². The molecule has 4 nitrogen and oxygen atoms in total. The third-order valence-corrected chi connectivity index (χ3v) is 3.58. The highest BCUT2D eigenvalue weighted by Gasteiger charge is 2.22. The van der Waals surface area contributed by atoms with Crippen molar-refractivity contribution in [1.29, 1.82) is 0 Å². The third-order valence-electron chi connectivity index (χ3n) is 3.58. The van der Waals surface area contributed by atoms with Gasteiger partial charge in [0.05, 0.1) is 12.0 Å². The molecule has 1 aromatic rings. The van der Waals surface area contributed by atoms with Gasteiger partial charge in [-0.25, -0.2) is 4.79 Å². The number of carboxylic acids is 1. The van der Waals surface area contributed by atoms with Gasteiger partial charge >= 0.3 is 5.97 Å². The van der Waals surface area contributed by atoms with E-state index in [-0.39, 0.29) is 17.9 Å². The summed E-state index contributed by atoms with van der Waals surface area (Å²) >= 11 is 0. The third kappa shape index (κ3) is 3.81. The lowest BCUT2D eigenvalue weighted by Gasteiger charge is -2.17. The maximum absolute atomic E-state index is 12.1. The van der Waals surface area contributed by atoms with Crippen LogP contribution in [0.15, 0.2) is 24.3 Å². The van der Waals surface area contributed by atoms with Crippen molar-refractivity contribution in [3.8, 4) is 0 Å². The molecule has 1 fully saturated rings. The number of carbonyl (C=O) groups is 2. The van der Waals surface area contributed by atoms with Gasteiger partial charge in [-0.05, 0) is 24.0 Å². The summed E-state index contributed by atoms with van der Waals surface area (Å²) in [5.41, 5.74) is 0.796. The summed E-state index contributed by atoms with van der Waals surface area (Å²) in [5, 5.41) is 9.08. The number of carbonyl (C=O) groups excluding carboxylic acids is 1. The van der Waals surface area contributed by atoms with Crippen molar-refractivity contribution in [1.82, 2.24) is 4.90 Å². The number of benzene rings is 1. The molecule has 1 amide bonds. The van der Waals surface area contributed by atoms with Crippen LogP contribution in [-0.2, 0) is 11.2 Å². The molecule has 0 atom stereocenters. The number of aromatic carboxylic acids is 1. The van der Waals surface area contributed by atoms with Gasteiger partial charge in [0.2, 0.25) is 5.91 Å². The first-order chi connectivity index (χ1) is 9.08. The van der Waals surface area contributed by atoms with Gasteiger partial charge in [-0.15, -0.1) is 0 Å². The van der Waals surface area contributed by atoms with Crippen molar-refractivity contribution < 1.29 is 14.7 Å². The lowest BCUT2D eigenvalue weighted by atomic mass is 10.0. The molecule has 102 valence electrons. The average Bonchev–Trinajstić information content (AvgIpc) is 3.20. The predicted octanol–water partition coefficient (Wildman–Crippen LogP) is 2.19. The highest BCUT2D eigenvalue weighted by molar-refractivity contribution is 5.91. The first-order valence-electron chi connectivity index (χ1n) is 6.63. The van der Waals surface area contributed by atoms with Gasteiger partial charge in [-0.2, -0.15) is 0 Å². The normalized spacial score (nSPS) is 14.2. The topological polar surface area (TPSA) is 57.6 Å². The summed E-state index contributed by atoms with van der Waals surface area (Å²) in [6, 6.07) is 6.68. The molecule has 1 aliphatic carbocycles. The fourth-order valence-electron chi connectivity index (χ4n) is 2.09. The lowest BCUT2D eigenvalue weighted by Crippen LogP contribution is -2.29. The molecule has 0 saturated heterocycles. The smallest absolute Gasteiger partial charge is 0.335 e. The van der Waals surface area contributed by atoms with Gasteiger partial charge in [0, 0.05) is 13.6 Å². The van der Waals surface area contributed by atoms with Crippen LogP contribution in [0.2, 0.25) is 0 Å². The largest absolute Gasteiger partial charge is 0.478 e. The zero-order valence-electron chi connectivity index (χ0n) is 11.1. The standard InChI is InChI=1S/C15H19NO3/c1-16(9-8-11-6-7-11)14(17)10-12-4-2-3-5-13(12)15(18)19/h2-5,11H,6-10H2,1H3,(H,18,19). The monoisotopic (exact) mass is 261 g/mol. The quantitative estimate of drug-likeness (QED) is 0.854. The van der Waals surface area contributed by atoms with Gasteiger partial charge in [-0.3, -0.25) is 4.79 Å². The van der Waals surface area contributed by atoms with E-state index < -0.39 is 5.97 Å². The van der Waals surface area contributed by atoms with Crippen molar-refractivity contribution in [2.24, 2.45) is 5.92 Å². The van der Waals surface area contributed by atoms with Crippen molar-refractivity contribution in [2.75, 3.05) is 13.6 Å². The minimum absolute atomic E-state index is 0.0191. The Labute approximate surface area is 113 Å². The van der Waals surface area contributed by atoms with E-state index in [1.54, 1.807) is 30.1 Å². The van der Waals surface area contributed by atoms with Crippen LogP contribution in [0.5, 0.6) is 0 Å². The fourth-order valence-corrected chi connectivity index (χ4v) is 2.09. The van der Waals surface area contributed by atoms with Crippen molar-refractivity contribution >= 4 is 11.9 Å². The Bertz CT molecular complexity index is 480.